The molecule has 3 rings (SSSR count). The second-order valence-corrected chi connectivity index (χ2v) is 7.31. The number of carbonyl (C=O) groups is 1. The Morgan fingerprint density at radius 3 is 2.67 bits per heavy atom. The summed E-state index contributed by atoms with van der Waals surface area (Å²) in [5.74, 6) is 1.65. The predicted octanol–water partition coefficient (Wildman–Crippen LogP) is 4.70. The number of ether oxygens (including phenoxy) is 1. The number of hydrogen-bond donors (Lipinski definition) is 1. The van der Waals surface area contributed by atoms with E-state index < -0.39 is 0 Å². The molecule has 0 radical (unpaired) electrons. The highest BCUT2D eigenvalue weighted by Crippen LogP contribution is 2.22. The van der Waals surface area contributed by atoms with Gasteiger partial charge in [0.2, 0.25) is 0 Å². The molecule has 5 nitrogen and oxygen atoms in total. The molecule has 0 bridgehead atoms. The Hall–Kier alpha value is -2.61. The smallest absolute Gasteiger partial charge is 0.277 e. The van der Waals surface area contributed by atoms with Crippen LogP contribution in [0.2, 0.25) is 0 Å². The number of benzene rings is 2. The maximum Gasteiger partial charge on any atom is 0.277 e. The fraction of sp³-hybridized carbons (Fsp3) is 0.143. The van der Waals surface area contributed by atoms with Crippen LogP contribution < -0.4 is 10.2 Å². The second kappa shape index (κ2) is 8.85. The van der Waals surface area contributed by atoms with E-state index in [0.717, 1.165) is 26.0 Å². The summed E-state index contributed by atoms with van der Waals surface area (Å²) < 4.78 is 12.4. The lowest BCUT2D eigenvalue weighted by atomic mass is 10.1. The molecule has 0 saturated carbocycles. The van der Waals surface area contributed by atoms with E-state index in [-0.39, 0.29) is 12.5 Å². The molecule has 1 N–H and O–H groups in total. The van der Waals surface area contributed by atoms with E-state index in [1.54, 1.807) is 6.07 Å². The maximum atomic E-state index is 11.9. The molecule has 27 heavy (non-hydrogen) atoms. The lowest BCUT2D eigenvalue weighted by Crippen LogP contribution is -2.24. The zero-order valence-corrected chi connectivity index (χ0v) is 17.2. The average Bonchev–Trinajstić information content (AvgIpc) is 3.10. The van der Waals surface area contributed by atoms with Crippen LogP contribution in [0.25, 0.3) is 11.3 Å². The quantitative estimate of drug-likeness (QED) is 0.320. The first kappa shape index (κ1) is 19.2. The van der Waals surface area contributed by atoms with E-state index in [0.29, 0.717) is 11.5 Å². The fourth-order valence-corrected chi connectivity index (χ4v) is 2.86. The standard InChI is InChI=1S/C21H19IN2O3/c1-14-3-9-19(15(2)11-14)26-13-21(25)24-23-12-18-8-10-20(27-18)16-4-6-17(22)7-5-16/h3-12H,13H2,1-2H3,(H,24,25)/b23-12+. The summed E-state index contributed by atoms with van der Waals surface area (Å²) in [6.45, 7) is 3.85. The van der Waals surface area contributed by atoms with Gasteiger partial charge in [-0.25, -0.2) is 5.43 Å². The van der Waals surface area contributed by atoms with E-state index in [1.165, 1.54) is 6.21 Å². The number of carbonyl (C=O) groups excluding carboxylic acids is 1. The van der Waals surface area contributed by atoms with Crippen molar-refractivity contribution >= 4 is 34.7 Å². The van der Waals surface area contributed by atoms with Gasteiger partial charge in [-0.1, -0.05) is 29.8 Å². The zero-order chi connectivity index (χ0) is 19.2. The first-order valence-electron chi connectivity index (χ1n) is 8.39. The molecule has 1 heterocycles. The van der Waals surface area contributed by atoms with E-state index >= 15 is 0 Å². The first-order chi connectivity index (χ1) is 13.0. The Bertz CT molecular complexity index is 962. The van der Waals surface area contributed by atoms with Gasteiger partial charge in [0, 0.05) is 9.13 Å². The highest BCUT2D eigenvalue weighted by Gasteiger charge is 2.05. The van der Waals surface area contributed by atoms with E-state index in [1.807, 2.05) is 62.4 Å². The summed E-state index contributed by atoms with van der Waals surface area (Å²) in [6.07, 6.45) is 1.46. The number of hydrogen-bond acceptors (Lipinski definition) is 4. The molecule has 0 aliphatic rings. The van der Waals surface area contributed by atoms with Crippen molar-refractivity contribution in [2.45, 2.75) is 13.8 Å². The molecule has 2 aromatic carbocycles. The van der Waals surface area contributed by atoms with E-state index in [9.17, 15) is 4.79 Å². The van der Waals surface area contributed by atoms with Gasteiger partial charge in [0.25, 0.3) is 5.91 Å². The van der Waals surface area contributed by atoms with Gasteiger partial charge >= 0.3 is 0 Å². The molecule has 0 saturated heterocycles. The number of halogens is 1. The van der Waals surface area contributed by atoms with Crippen LogP contribution in [0, 0.1) is 17.4 Å². The van der Waals surface area contributed by atoms with Crippen molar-refractivity contribution in [3.8, 4) is 17.1 Å². The van der Waals surface area contributed by atoms with Crippen molar-refractivity contribution in [2.75, 3.05) is 6.61 Å². The highest BCUT2D eigenvalue weighted by atomic mass is 127. The van der Waals surface area contributed by atoms with Gasteiger partial charge in [0.05, 0.1) is 6.21 Å². The highest BCUT2D eigenvalue weighted by molar-refractivity contribution is 14.1. The van der Waals surface area contributed by atoms with Gasteiger partial charge in [0.15, 0.2) is 6.61 Å². The van der Waals surface area contributed by atoms with Crippen LogP contribution in [0.15, 0.2) is 64.1 Å². The molecular weight excluding hydrogens is 455 g/mol. The molecule has 3 aromatic rings. The Morgan fingerprint density at radius 1 is 1.15 bits per heavy atom. The Kier molecular flexibility index (Phi) is 6.28. The molecule has 0 atom stereocenters. The summed E-state index contributed by atoms with van der Waals surface area (Å²) in [6, 6.07) is 17.5. The molecule has 0 unspecified atom stereocenters. The van der Waals surface area contributed by atoms with Gasteiger partial charge in [-0.2, -0.15) is 5.10 Å². The topological polar surface area (TPSA) is 63.8 Å². The monoisotopic (exact) mass is 474 g/mol. The minimum absolute atomic E-state index is 0.104. The maximum absolute atomic E-state index is 11.9. The van der Waals surface area contributed by atoms with Crippen molar-refractivity contribution in [1.29, 1.82) is 0 Å². The predicted molar refractivity (Wildman–Crippen MR) is 114 cm³/mol. The third-order valence-electron chi connectivity index (χ3n) is 3.83. The van der Waals surface area contributed by atoms with Gasteiger partial charge in [0.1, 0.15) is 17.3 Å². The molecule has 138 valence electrons. The van der Waals surface area contributed by atoms with Gasteiger partial charge in [-0.3, -0.25) is 4.79 Å². The zero-order valence-electron chi connectivity index (χ0n) is 15.0. The number of rotatable bonds is 6. The summed E-state index contributed by atoms with van der Waals surface area (Å²) >= 11 is 2.26. The minimum atomic E-state index is -0.337. The van der Waals surface area contributed by atoms with Crippen LogP contribution >= 0.6 is 22.6 Å². The van der Waals surface area contributed by atoms with Crippen LogP contribution in [0.3, 0.4) is 0 Å². The average molecular weight is 474 g/mol. The molecule has 1 amide bonds. The fourth-order valence-electron chi connectivity index (χ4n) is 2.50. The van der Waals surface area contributed by atoms with Crippen LogP contribution in [0.1, 0.15) is 16.9 Å². The van der Waals surface area contributed by atoms with Crippen LogP contribution in [0.4, 0.5) is 0 Å². The Morgan fingerprint density at radius 2 is 1.93 bits per heavy atom. The molecule has 0 spiro atoms. The van der Waals surface area contributed by atoms with Crippen molar-refractivity contribution in [1.82, 2.24) is 5.43 Å². The van der Waals surface area contributed by atoms with Crippen LogP contribution in [-0.4, -0.2) is 18.7 Å². The molecule has 6 heteroatoms. The summed E-state index contributed by atoms with van der Waals surface area (Å²) in [7, 11) is 0. The van der Waals surface area contributed by atoms with Crippen molar-refractivity contribution in [3.63, 3.8) is 0 Å². The van der Waals surface area contributed by atoms with Crippen LogP contribution in [-0.2, 0) is 4.79 Å². The Balaban J connectivity index is 1.51. The van der Waals surface area contributed by atoms with Crippen molar-refractivity contribution in [3.05, 3.63) is 75.1 Å². The molecule has 0 aliphatic heterocycles. The number of aryl methyl sites for hydroxylation is 2. The minimum Gasteiger partial charge on any atom is -0.483 e. The molecule has 1 aromatic heterocycles. The van der Waals surface area contributed by atoms with E-state index in [2.05, 4.69) is 33.1 Å². The van der Waals surface area contributed by atoms with Gasteiger partial charge < -0.3 is 9.15 Å². The van der Waals surface area contributed by atoms with Gasteiger partial charge in [-0.15, -0.1) is 0 Å². The molecule has 0 fully saturated rings. The third kappa shape index (κ3) is 5.43. The number of hydrazone groups is 1. The number of furan rings is 1. The number of amides is 1. The second-order valence-electron chi connectivity index (χ2n) is 6.06. The SMILES string of the molecule is Cc1ccc(OCC(=O)N/N=C/c2ccc(-c3ccc(I)cc3)o2)c(C)c1. The largest absolute Gasteiger partial charge is 0.483 e. The van der Waals surface area contributed by atoms with Crippen molar-refractivity contribution < 1.29 is 13.9 Å². The Labute approximate surface area is 171 Å². The third-order valence-corrected chi connectivity index (χ3v) is 4.54. The summed E-state index contributed by atoms with van der Waals surface area (Å²) in [4.78, 5) is 11.9. The van der Waals surface area contributed by atoms with Crippen molar-refractivity contribution in [2.24, 2.45) is 5.10 Å². The molecular formula is C21H19IN2O3. The first-order valence-corrected chi connectivity index (χ1v) is 9.47. The summed E-state index contributed by atoms with van der Waals surface area (Å²) in [5.41, 5.74) is 5.56. The number of nitrogens with zero attached hydrogens (tertiary/aromatic N) is 1. The van der Waals surface area contributed by atoms with Gasteiger partial charge in [-0.05, 0) is 72.3 Å². The number of nitrogens with one attached hydrogen (secondary N) is 1. The lowest BCUT2D eigenvalue weighted by Gasteiger charge is -2.08. The normalized spacial score (nSPS) is 10.9. The molecule has 0 aliphatic carbocycles. The van der Waals surface area contributed by atoms with E-state index in [4.69, 9.17) is 9.15 Å². The lowest BCUT2D eigenvalue weighted by molar-refractivity contribution is -0.123. The van der Waals surface area contributed by atoms with Crippen LogP contribution in [0.5, 0.6) is 5.75 Å². The summed E-state index contributed by atoms with van der Waals surface area (Å²) in [5, 5.41) is 3.91.